The molecule has 0 saturated carbocycles. The maximum atomic E-state index is 12.1. The van der Waals surface area contributed by atoms with Gasteiger partial charge in [-0.2, -0.15) is 0 Å². The summed E-state index contributed by atoms with van der Waals surface area (Å²) in [7, 11) is 1.50. The van der Waals surface area contributed by atoms with E-state index in [1.54, 1.807) is 0 Å². The molecule has 0 aromatic carbocycles. The first-order valence-electron chi connectivity index (χ1n) is 6.46. The second-order valence-corrected chi connectivity index (χ2v) is 6.37. The maximum absolute atomic E-state index is 12.1. The van der Waals surface area contributed by atoms with Gasteiger partial charge < -0.3 is 5.73 Å². The van der Waals surface area contributed by atoms with Gasteiger partial charge in [-0.3, -0.25) is 9.59 Å². The lowest BCUT2D eigenvalue weighted by molar-refractivity contribution is 0.0986. The van der Waals surface area contributed by atoms with E-state index in [1.165, 1.54) is 29.7 Å². The van der Waals surface area contributed by atoms with Gasteiger partial charge in [0.2, 0.25) is 5.78 Å². The number of hydrogen-bond acceptors (Lipinski definition) is 5. The third-order valence-electron chi connectivity index (χ3n) is 2.61. The molecule has 0 atom stereocenters. The molecule has 0 unspecified atom stereocenters. The smallest absolute Gasteiger partial charge is 0.214 e. The van der Waals surface area contributed by atoms with Crippen molar-refractivity contribution in [1.29, 1.82) is 0 Å². The first-order chi connectivity index (χ1) is 9.58. The normalized spacial score (nSPS) is 11.7. The number of thiophene rings is 2. The SMILES string of the molecule is CC.CN.Cc1cc2c(s1)C(=O)c1sc(C)cc1C2=O. The van der Waals surface area contributed by atoms with E-state index in [0.717, 1.165) is 9.75 Å². The lowest BCUT2D eigenvalue weighted by Crippen LogP contribution is -2.15. The minimum Gasteiger partial charge on any atom is -0.333 e. The van der Waals surface area contributed by atoms with Crippen LogP contribution < -0.4 is 5.73 Å². The monoisotopic (exact) mass is 309 g/mol. The zero-order valence-electron chi connectivity index (χ0n) is 12.4. The van der Waals surface area contributed by atoms with Crippen molar-refractivity contribution in [3.63, 3.8) is 0 Å². The van der Waals surface area contributed by atoms with E-state index in [-0.39, 0.29) is 11.6 Å². The Kier molecular flexibility index (Phi) is 5.80. The molecule has 2 aromatic rings. The molecule has 3 nitrogen and oxygen atoms in total. The fraction of sp³-hybridized carbons (Fsp3) is 0.333. The van der Waals surface area contributed by atoms with Crippen LogP contribution in [0.3, 0.4) is 0 Å². The Morgan fingerprint density at radius 1 is 0.800 bits per heavy atom. The molecular formula is C15H19NO2S2. The van der Waals surface area contributed by atoms with Crippen LogP contribution in [0.15, 0.2) is 12.1 Å². The summed E-state index contributed by atoms with van der Waals surface area (Å²) >= 11 is 2.82. The molecule has 2 N–H and O–H groups in total. The minimum absolute atomic E-state index is 0.00157. The van der Waals surface area contributed by atoms with Gasteiger partial charge in [0.1, 0.15) is 0 Å². The molecule has 20 heavy (non-hydrogen) atoms. The Hall–Kier alpha value is -1.30. The summed E-state index contributed by atoms with van der Waals surface area (Å²) in [6, 6.07) is 3.63. The number of nitrogens with two attached hydrogens (primary N) is 1. The highest BCUT2D eigenvalue weighted by Crippen LogP contribution is 2.36. The topological polar surface area (TPSA) is 60.2 Å². The molecule has 0 saturated heterocycles. The fourth-order valence-electron chi connectivity index (χ4n) is 1.95. The Morgan fingerprint density at radius 3 is 1.50 bits per heavy atom. The molecule has 0 bridgehead atoms. The number of rotatable bonds is 0. The number of ketones is 2. The Labute approximate surface area is 127 Å². The van der Waals surface area contributed by atoms with Gasteiger partial charge in [0.05, 0.1) is 9.75 Å². The van der Waals surface area contributed by atoms with Crippen LogP contribution in [0.5, 0.6) is 0 Å². The van der Waals surface area contributed by atoms with E-state index >= 15 is 0 Å². The average Bonchev–Trinajstić information content (AvgIpc) is 3.04. The summed E-state index contributed by atoms with van der Waals surface area (Å²) in [5.41, 5.74) is 5.66. The summed E-state index contributed by atoms with van der Waals surface area (Å²) in [5.74, 6) is 0.0131. The first kappa shape index (κ1) is 16.8. The molecule has 5 heteroatoms. The molecule has 0 fully saturated rings. The number of aryl methyl sites for hydroxylation is 2. The number of carbonyl (C=O) groups excluding carboxylic acids is 2. The summed E-state index contributed by atoms with van der Waals surface area (Å²) in [6.45, 7) is 7.84. The fourth-order valence-corrected chi connectivity index (χ4v) is 3.93. The van der Waals surface area contributed by atoms with Gasteiger partial charge in [0.25, 0.3) is 0 Å². The molecule has 0 amide bonds. The predicted octanol–water partition coefficient (Wildman–Crippen LogP) is 3.80. The second-order valence-electron chi connectivity index (χ2n) is 3.86. The molecular weight excluding hydrogens is 290 g/mol. The molecule has 2 aromatic heterocycles. The van der Waals surface area contributed by atoms with Gasteiger partial charge in [0.15, 0.2) is 5.78 Å². The van der Waals surface area contributed by atoms with Crippen molar-refractivity contribution in [1.82, 2.24) is 0 Å². The number of hydrogen-bond donors (Lipinski definition) is 1. The van der Waals surface area contributed by atoms with Crippen LogP contribution in [-0.2, 0) is 0 Å². The van der Waals surface area contributed by atoms with E-state index < -0.39 is 0 Å². The molecule has 108 valence electrons. The largest absolute Gasteiger partial charge is 0.333 e. The average molecular weight is 309 g/mol. The Bertz CT molecular complexity index is 535. The van der Waals surface area contributed by atoms with Crippen molar-refractivity contribution in [2.24, 2.45) is 5.73 Å². The lowest BCUT2D eigenvalue weighted by atomic mass is 9.95. The Morgan fingerprint density at radius 2 is 1.15 bits per heavy atom. The van der Waals surface area contributed by atoms with Crippen molar-refractivity contribution in [2.75, 3.05) is 7.05 Å². The number of carbonyl (C=O) groups is 2. The zero-order valence-corrected chi connectivity index (χ0v) is 14.0. The molecule has 1 aliphatic rings. The van der Waals surface area contributed by atoms with E-state index in [0.29, 0.717) is 20.9 Å². The second kappa shape index (κ2) is 6.92. The Balaban J connectivity index is 0.000000461. The van der Waals surface area contributed by atoms with Crippen molar-refractivity contribution in [2.45, 2.75) is 27.7 Å². The van der Waals surface area contributed by atoms with Crippen molar-refractivity contribution in [3.8, 4) is 0 Å². The van der Waals surface area contributed by atoms with Crippen LogP contribution >= 0.6 is 22.7 Å². The molecule has 0 spiro atoms. The quantitative estimate of drug-likeness (QED) is 0.687. The highest BCUT2D eigenvalue weighted by atomic mass is 32.1. The maximum Gasteiger partial charge on any atom is 0.214 e. The zero-order chi connectivity index (χ0) is 15.4. The molecule has 1 aliphatic carbocycles. The van der Waals surface area contributed by atoms with Crippen LogP contribution in [0.4, 0.5) is 0 Å². The van der Waals surface area contributed by atoms with Gasteiger partial charge >= 0.3 is 0 Å². The van der Waals surface area contributed by atoms with E-state index in [4.69, 9.17) is 0 Å². The molecule has 0 radical (unpaired) electrons. The molecule has 0 aliphatic heterocycles. The van der Waals surface area contributed by atoms with Gasteiger partial charge in [-0.25, -0.2) is 0 Å². The van der Waals surface area contributed by atoms with Crippen LogP contribution in [0, 0.1) is 13.8 Å². The van der Waals surface area contributed by atoms with Gasteiger partial charge in [-0.1, -0.05) is 13.8 Å². The van der Waals surface area contributed by atoms with Crippen LogP contribution in [0.2, 0.25) is 0 Å². The summed E-state index contributed by atoms with van der Waals surface area (Å²) in [4.78, 5) is 27.5. The number of fused-ring (bicyclic) bond motifs is 2. The third-order valence-corrected chi connectivity index (χ3v) is 4.71. The van der Waals surface area contributed by atoms with Gasteiger partial charge in [0, 0.05) is 20.9 Å². The molecule has 2 heterocycles. The van der Waals surface area contributed by atoms with E-state index in [1.807, 2.05) is 39.8 Å². The summed E-state index contributed by atoms with van der Waals surface area (Å²) in [5, 5.41) is 0. The summed E-state index contributed by atoms with van der Waals surface area (Å²) in [6.07, 6.45) is 0. The molecule has 3 rings (SSSR count). The lowest BCUT2D eigenvalue weighted by Gasteiger charge is -2.08. The predicted molar refractivity (Wildman–Crippen MR) is 86.4 cm³/mol. The highest BCUT2D eigenvalue weighted by molar-refractivity contribution is 7.18. The summed E-state index contributed by atoms with van der Waals surface area (Å²) < 4.78 is 0. The van der Waals surface area contributed by atoms with E-state index in [9.17, 15) is 9.59 Å². The minimum atomic E-state index is -0.00157. The van der Waals surface area contributed by atoms with Crippen molar-refractivity contribution >= 4 is 34.2 Å². The van der Waals surface area contributed by atoms with Crippen molar-refractivity contribution < 1.29 is 9.59 Å². The first-order valence-corrected chi connectivity index (χ1v) is 8.09. The standard InChI is InChI=1S/C12H8O2S2.C2H6.CH5N/c1-5-3-7-9(13)8-4-6(2)16-12(8)10(14)11(7)15-5;2*1-2/h3-4H,1-2H3;1-2H3;2H2,1H3. The third kappa shape index (κ3) is 2.75. The van der Waals surface area contributed by atoms with Crippen molar-refractivity contribution in [3.05, 3.63) is 42.8 Å². The van der Waals surface area contributed by atoms with Gasteiger partial charge in [-0.05, 0) is 33.0 Å². The van der Waals surface area contributed by atoms with E-state index in [2.05, 4.69) is 5.73 Å². The van der Waals surface area contributed by atoms with Crippen LogP contribution in [0.1, 0.15) is 54.1 Å². The van der Waals surface area contributed by atoms with Crippen LogP contribution in [-0.4, -0.2) is 18.6 Å². The highest BCUT2D eigenvalue weighted by Gasteiger charge is 2.33. The van der Waals surface area contributed by atoms with Gasteiger partial charge in [-0.15, -0.1) is 22.7 Å². The van der Waals surface area contributed by atoms with Crippen LogP contribution in [0.25, 0.3) is 0 Å².